The first kappa shape index (κ1) is 32.9. The van der Waals surface area contributed by atoms with Gasteiger partial charge in [-0.15, -0.1) is 5.06 Å². The lowest BCUT2D eigenvalue weighted by molar-refractivity contribution is -0.198. The summed E-state index contributed by atoms with van der Waals surface area (Å²) < 4.78 is 64.6. The highest BCUT2D eigenvalue weighted by Crippen LogP contribution is 2.12. The van der Waals surface area contributed by atoms with Crippen LogP contribution in [0.15, 0.2) is 12.0 Å². The second-order valence-corrected chi connectivity index (χ2v) is 11.2. The molecule has 0 bridgehead atoms. The molecular weight excluding hydrogens is 581 g/mol. The molecular formula is C17H28N3O13PS3. The van der Waals surface area contributed by atoms with Gasteiger partial charge in [0, 0.05) is 31.4 Å². The second-order valence-electron chi connectivity index (χ2n) is 6.42. The number of hydrogen-bond acceptors (Lipinski definition) is 15. The third kappa shape index (κ3) is 15.6. The Hall–Kier alpha value is -2.15. The standard InChI is InChI=1S/C9H19N2O6PS2.C8H9NO7S/c1-11-8(12)4-17-20(14,15)3-2-19-5-7(10)9(13)16-6-18;1-2-17(13,14)15-5-8(12)16-9-6(10)3-4-7(9)11/h7H,2-6,10,18H2,1H3,(H,11,12);2H,1,3-5H2/i6T;. The Bertz CT molecular complexity index is 1070. The molecule has 0 aliphatic carbocycles. The van der Waals surface area contributed by atoms with E-state index in [9.17, 15) is 40.8 Å². The van der Waals surface area contributed by atoms with Crippen molar-refractivity contribution in [3.63, 3.8) is 0 Å². The highest BCUT2D eigenvalue weighted by Gasteiger charge is 2.33. The van der Waals surface area contributed by atoms with E-state index in [4.69, 9.17) is 7.10 Å². The molecule has 0 aromatic rings. The molecule has 3 unspecified atom stereocenters. The summed E-state index contributed by atoms with van der Waals surface area (Å²) >= 11 is 1.13. The van der Waals surface area contributed by atoms with Crippen LogP contribution in [0.25, 0.3) is 0 Å². The van der Waals surface area contributed by atoms with Gasteiger partial charge in [0.25, 0.3) is 32.1 Å². The summed E-state index contributed by atoms with van der Waals surface area (Å²) in [6.07, 6.45) is -1.16. The van der Waals surface area contributed by atoms with Gasteiger partial charge in [-0.05, 0) is 0 Å². The number of thioether (sulfide) groups is 1. The molecule has 37 heavy (non-hydrogen) atoms. The van der Waals surface area contributed by atoms with Gasteiger partial charge in [-0.2, -0.15) is 28.6 Å². The summed E-state index contributed by atoms with van der Waals surface area (Å²) in [6.45, 7) is 1.45. The summed E-state index contributed by atoms with van der Waals surface area (Å²) in [4.78, 5) is 59.6. The van der Waals surface area contributed by atoms with E-state index in [2.05, 4.69) is 29.8 Å². The van der Waals surface area contributed by atoms with Crippen molar-refractivity contribution in [1.82, 2.24) is 10.4 Å². The zero-order chi connectivity index (χ0) is 29.5. The molecule has 1 fully saturated rings. The fraction of sp³-hybridized carbons (Fsp3) is 0.588. The van der Waals surface area contributed by atoms with Gasteiger partial charge < -0.3 is 20.6 Å². The van der Waals surface area contributed by atoms with Gasteiger partial charge in [-0.25, -0.2) is 4.79 Å². The highest BCUT2D eigenvalue weighted by molar-refractivity contribution is 8.00. The van der Waals surface area contributed by atoms with Crippen LogP contribution in [0.2, 0.25) is 0 Å². The number of rotatable bonds is 15. The Balaban J connectivity index is 0.000000735. The summed E-state index contributed by atoms with van der Waals surface area (Å²) in [6, 6.07) is -0.933. The molecule has 16 nitrogen and oxygen atoms in total. The van der Waals surface area contributed by atoms with Gasteiger partial charge in [0.05, 0.1) is 12.5 Å². The van der Waals surface area contributed by atoms with Gasteiger partial charge >= 0.3 is 11.9 Å². The first-order chi connectivity index (χ1) is 17.5. The maximum absolute atomic E-state index is 11.4. The topological polar surface area (TPSA) is 232 Å². The van der Waals surface area contributed by atoms with Crippen molar-refractivity contribution in [2.24, 2.45) is 5.73 Å². The molecule has 0 spiro atoms. The monoisotopic (exact) mass is 611 g/mol. The lowest BCUT2D eigenvalue weighted by Gasteiger charge is -2.11. The van der Waals surface area contributed by atoms with E-state index >= 15 is 0 Å². The Kier molecular flexibility index (Phi) is 15.4. The molecule has 0 saturated carbocycles. The van der Waals surface area contributed by atoms with E-state index in [1.807, 2.05) is 9.24 Å². The van der Waals surface area contributed by atoms with Gasteiger partial charge in [0.2, 0.25) is 5.91 Å². The molecule has 3 atom stereocenters. The van der Waals surface area contributed by atoms with Crippen LogP contribution >= 0.6 is 21.0 Å². The number of nitrogens with zero attached hydrogens (tertiary/aromatic N) is 1. The van der Waals surface area contributed by atoms with E-state index in [1.165, 1.54) is 7.05 Å². The van der Waals surface area contributed by atoms with Crippen molar-refractivity contribution in [2.75, 3.05) is 43.8 Å². The zero-order valence-electron chi connectivity index (χ0n) is 20.5. The molecule has 3 amide bonds. The number of nitrogens with one attached hydrogen (secondary N) is 1. The average Bonchev–Trinajstić information content (AvgIpc) is 3.15. The molecule has 212 valence electrons. The number of likely N-dealkylation sites (N-methyl/N-ethyl adjacent to an activating group) is 1. The molecule has 0 radical (unpaired) electrons. The van der Waals surface area contributed by atoms with E-state index in [1.54, 1.807) is 0 Å². The predicted octanol–water partition coefficient (Wildman–Crippen LogP) is -2.40. The fourth-order valence-corrected chi connectivity index (χ4v) is 4.57. The molecule has 1 aliphatic rings. The summed E-state index contributed by atoms with van der Waals surface area (Å²) in [5, 5.41) is 3.03. The number of imide groups is 1. The van der Waals surface area contributed by atoms with Gasteiger partial charge in [-0.3, -0.25) is 27.5 Å². The fourth-order valence-electron chi connectivity index (χ4n) is 1.83. The van der Waals surface area contributed by atoms with Crippen LogP contribution in [0.5, 0.6) is 0 Å². The highest BCUT2D eigenvalue weighted by atomic mass is 32.2. The molecule has 1 rings (SSSR count). The average molecular weight is 612 g/mol. The predicted molar refractivity (Wildman–Crippen MR) is 132 cm³/mol. The van der Waals surface area contributed by atoms with Crippen LogP contribution < -0.4 is 11.1 Å². The van der Waals surface area contributed by atoms with E-state index in [0.29, 0.717) is 10.5 Å². The van der Waals surface area contributed by atoms with Crippen LogP contribution in [0.4, 0.5) is 0 Å². The quantitative estimate of drug-likeness (QED) is 0.0646. The minimum atomic E-state index is -4.00. The van der Waals surface area contributed by atoms with Crippen molar-refractivity contribution in [2.45, 2.75) is 18.9 Å². The van der Waals surface area contributed by atoms with E-state index < -0.39 is 75.5 Å². The minimum absolute atomic E-state index is 0.0437. The minimum Gasteiger partial charge on any atom is -0.460 e. The summed E-state index contributed by atoms with van der Waals surface area (Å²) in [7, 11) is -4.45. The number of nitrogens with two attached hydrogens (primary N) is 1. The molecule has 0 aromatic heterocycles. The molecule has 20 heteroatoms. The van der Waals surface area contributed by atoms with Crippen LogP contribution in [0.1, 0.15) is 14.2 Å². The van der Waals surface area contributed by atoms with E-state index in [0.717, 1.165) is 11.8 Å². The Morgan fingerprint density at radius 1 is 1.22 bits per heavy atom. The normalized spacial score (nSPS) is 15.5. The number of esters is 1. The van der Waals surface area contributed by atoms with Crippen LogP contribution in [-0.4, -0.2) is 101 Å². The molecule has 1 aliphatic heterocycles. The molecule has 0 aromatic carbocycles. The second kappa shape index (κ2) is 17.4. The van der Waals surface area contributed by atoms with Gasteiger partial charge in [-0.1, -0.05) is 15.8 Å². The molecule has 1 saturated heterocycles. The third-order valence-corrected chi connectivity index (χ3v) is 7.17. The SMILES string of the molecule is C=CS(=O)(=O)OCC(=O)ON1C(=O)CCC1=O.[3H]C(P)OC(=O)C(N)CSCCS(=O)(=O)OCC(=O)NC. The number of amides is 3. The van der Waals surface area contributed by atoms with E-state index in [-0.39, 0.29) is 30.1 Å². The third-order valence-electron chi connectivity index (χ3n) is 3.65. The maximum atomic E-state index is 11.4. The number of ether oxygens (including phenoxy) is 1. The maximum Gasteiger partial charge on any atom is 0.360 e. The van der Waals surface area contributed by atoms with Gasteiger partial charge in [0.1, 0.15) is 19.0 Å². The Morgan fingerprint density at radius 3 is 2.32 bits per heavy atom. The lowest BCUT2D eigenvalue weighted by atomic mass is 10.4. The Morgan fingerprint density at radius 2 is 1.81 bits per heavy atom. The van der Waals surface area contributed by atoms with Crippen molar-refractivity contribution in [3.05, 3.63) is 12.0 Å². The summed E-state index contributed by atoms with van der Waals surface area (Å²) in [5.41, 5.74) is 5.51. The zero-order valence-corrected chi connectivity index (χ0v) is 23.1. The van der Waals surface area contributed by atoms with Crippen LogP contribution in [-0.2, 0) is 62.1 Å². The van der Waals surface area contributed by atoms with Gasteiger partial charge in [0.15, 0.2) is 6.61 Å². The largest absolute Gasteiger partial charge is 0.460 e. The van der Waals surface area contributed by atoms with Crippen molar-refractivity contribution >= 4 is 70.9 Å². The number of carbonyl (C=O) groups excluding carboxylic acids is 5. The van der Waals surface area contributed by atoms with Crippen LogP contribution in [0, 0.1) is 0 Å². The van der Waals surface area contributed by atoms with Crippen molar-refractivity contribution in [3.8, 4) is 0 Å². The number of carbonyl (C=O) groups is 5. The summed E-state index contributed by atoms with van der Waals surface area (Å²) in [5.74, 6) is -3.75. The van der Waals surface area contributed by atoms with Crippen LogP contribution in [0.3, 0.4) is 0 Å². The number of hydrogen-bond donors (Lipinski definition) is 2. The first-order valence-electron chi connectivity index (χ1n) is 10.5. The Labute approximate surface area is 221 Å². The molecule has 3 N–H and O–H groups in total. The van der Waals surface area contributed by atoms with Crippen molar-refractivity contribution in [1.29, 1.82) is 0 Å². The first-order valence-corrected chi connectivity index (χ1v) is 14.8. The smallest absolute Gasteiger partial charge is 0.360 e. The molecule has 1 heterocycles. The van der Waals surface area contributed by atoms with Crippen molar-refractivity contribution < 1.29 is 60.1 Å². The lowest BCUT2D eigenvalue weighted by Crippen LogP contribution is -2.34. The number of hydroxylamine groups is 2.